The highest BCUT2D eigenvalue weighted by Gasteiger charge is 2.22. The van der Waals surface area contributed by atoms with Crippen molar-refractivity contribution in [3.8, 4) is 17.3 Å². The van der Waals surface area contributed by atoms with Crippen molar-refractivity contribution in [2.45, 2.75) is 13.1 Å². The Hall–Kier alpha value is -2.80. The summed E-state index contributed by atoms with van der Waals surface area (Å²) in [5.41, 5.74) is 5.19. The molecule has 2 aromatic carbocycles. The largest absolute Gasteiger partial charge is 0.329 e. The summed E-state index contributed by atoms with van der Waals surface area (Å²) in [5.74, 6) is 0. The minimum Gasteiger partial charge on any atom is -0.329 e. The van der Waals surface area contributed by atoms with Gasteiger partial charge in [-0.3, -0.25) is 4.79 Å². The molecule has 1 amide bonds. The second-order valence-electron chi connectivity index (χ2n) is 4.75. The van der Waals surface area contributed by atoms with Crippen LogP contribution in [0.5, 0.6) is 0 Å². The maximum Gasteiger partial charge on any atom is 0.211 e. The molecule has 1 aliphatic rings. The maximum absolute atomic E-state index is 10.7. The molecule has 0 spiro atoms. The SMILES string of the molecule is N#CN1Cc2cc(NC=O)cc(-c3ccccc3)c2C1. The van der Waals surface area contributed by atoms with Crippen LogP contribution in [0.15, 0.2) is 42.5 Å². The van der Waals surface area contributed by atoms with Crippen LogP contribution >= 0.6 is 0 Å². The van der Waals surface area contributed by atoms with Gasteiger partial charge in [0, 0.05) is 5.69 Å². The first-order valence-electron chi connectivity index (χ1n) is 6.38. The number of benzene rings is 2. The van der Waals surface area contributed by atoms with Crippen molar-refractivity contribution in [3.05, 3.63) is 53.6 Å². The highest BCUT2D eigenvalue weighted by molar-refractivity contribution is 5.79. The molecule has 0 atom stereocenters. The predicted octanol–water partition coefficient (Wildman–Crippen LogP) is 2.72. The van der Waals surface area contributed by atoms with Crippen LogP contribution in [-0.4, -0.2) is 11.3 Å². The van der Waals surface area contributed by atoms with E-state index >= 15 is 0 Å². The van der Waals surface area contributed by atoms with Gasteiger partial charge in [0.25, 0.3) is 0 Å². The molecule has 0 unspecified atom stereocenters. The fraction of sp³-hybridized carbons (Fsp3) is 0.125. The van der Waals surface area contributed by atoms with Gasteiger partial charge in [0.2, 0.25) is 6.41 Å². The van der Waals surface area contributed by atoms with E-state index < -0.39 is 0 Å². The van der Waals surface area contributed by atoms with Crippen LogP contribution in [0.4, 0.5) is 5.69 Å². The molecule has 98 valence electrons. The average Bonchev–Trinajstić information content (AvgIpc) is 2.91. The third-order valence-corrected chi connectivity index (χ3v) is 3.50. The molecule has 0 bridgehead atoms. The zero-order valence-electron chi connectivity index (χ0n) is 10.8. The predicted molar refractivity (Wildman–Crippen MR) is 76.4 cm³/mol. The molecular weight excluding hydrogens is 250 g/mol. The van der Waals surface area contributed by atoms with Gasteiger partial charge >= 0.3 is 0 Å². The molecule has 0 fully saturated rings. The summed E-state index contributed by atoms with van der Waals surface area (Å²) in [6, 6.07) is 13.9. The van der Waals surface area contributed by atoms with Gasteiger partial charge in [-0.25, -0.2) is 0 Å². The Balaban J connectivity index is 2.14. The van der Waals surface area contributed by atoms with Crippen LogP contribution in [-0.2, 0) is 17.9 Å². The Bertz CT molecular complexity index is 689. The number of hydrogen-bond acceptors (Lipinski definition) is 3. The standard InChI is InChI=1S/C16H13N3O/c17-10-19-8-13-6-14(18-11-20)7-15(16(13)9-19)12-4-2-1-3-5-12/h1-7,11H,8-9H2,(H,18,20). The third kappa shape index (κ3) is 2.10. The van der Waals surface area contributed by atoms with Gasteiger partial charge in [-0.05, 0) is 34.4 Å². The number of carbonyl (C=O) groups is 1. The normalized spacial score (nSPS) is 12.7. The number of nitrogens with zero attached hydrogens (tertiary/aromatic N) is 2. The Labute approximate surface area is 117 Å². The van der Waals surface area contributed by atoms with Crippen LogP contribution in [0.3, 0.4) is 0 Å². The van der Waals surface area contributed by atoms with Crippen molar-refractivity contribution in [2.24, 2.45) is 0 Å². The summed E-state index contributed by atoms with van der Waals surface area (Å²) in [5, 5.41) is 11.8. The van der Waals surface area contributed by atoms with E-state index in [-0.39, 0.29) is 0 Å². The lowest BCUT2D eigenvalue weighted by Gasteiger charge is -2.11. The number of rotatable bonds is 3. The van der Waals surface area contributed by atoms with Crippen molar-refractivity contribution in [1.29, 1.82) is 5.26 Å². The molecule has 0 saturated heterocycles. The van der Waals surface area contributed by atoms with Crippen molar-refractivity contribution in [3.63, 3.8) is 0 Å². The Kier molecular flexibility index (Phi) is 3.10. The number of carbonyl (C=O) groups excluding carboxylic acids is 1. The summed E-state index contributed by atoms with van der Waals surface area (Å²) < 4.78 is 0. The number of nitrogens with one attached hydrogen (secondary N) is 1. The van der Waals surface area contributed by atoms with E-state index in [1.165, 1.54) is 0 Å². The van der Waals surface area contributed by atoms with E-state index in [0.29, 0.717) is 19.5 Å². The first kappa shape index (κ1) is 12.2. The number of amides is 1. The van der Waals surface area contributed by atoms with Crippen LogP contribution < -0.4 is 5.32 Å². The van der Waals surface area contributed by atoms with Crippen LogP contribution in [0.1, 0.15) is 11.1 Å². The van der Waals surface area contributed by atoms with E-state index in [2.05, 4.69) is 11.5 Å². The number of hydrogen-bond donors (Lipinski definition) is 1. The van der Waals surface area contributed by atoms with E-state index in [1.807, 2.05) is 42.5 Å². The number of anilines is 1. The molecule has 0 aliphatic carbocycles. The zero-order chi connectivity index (χ0) is 13.9. The van der Waals surface area contributed by atoms with E-state index in [0.717, 1.165) is 27.9 Å². The van der Waals surface area contributed by atoms with Crippen molar-refractivity contribution in [1.82, 2.24) is 4.90 Å². The van der Waals surface area contributed by atoms with Crippen molar-refractivity contribution < 1.29 is 4.79 Å². The average molecular weight is 263 g/mol. The third-order valence-electron chi connectivity index (χ3n) is 3.50. The lowest BCUT2D eigenvalue weighted by Crippen LogP contribution is -2.07. The Morgan fingerprint density at radius 1 is 1.20 bits per heavy atom. The minimum atomic E-state index is 0.597. The highest BCUT2D eigenvalue weighted by Crippen LogP contribution is 2.35. The van der Waals surface area contributed by atoms with Crippen LogP contribution in [0, 0.1) is 11.5 Å². The molecular formula is C16H13N3O. The molecule has 1 heterocycles. The van der Waals surface area contributed by atoms with E-state index in [1.54, 1.807) is 4.90 Å². The van der Waals surface area contributed by atoms with Gasteiger partial charge in [-0.15, -0.1) is 0 Å². The molecule has 1 aliphatic heterocycles. The molecule has 4 heteroatoms. The van der Waals surface area contributed by atoms with Gasteiger partial charge in [-0.1, -0.05) is 30.3 Å². The fourth-order valence-corrected chi connectivity index (χ4v) is 2.61. The fourth-order valence-electron chi connectivity index (χ4n) is 2.61. The number of fused-ring (bicyclic) bond motifs is 1. The molecule has 0 saturated carbocycles. The quantitative estimate of drug-likeness (QED) is 0.684. The molecule has 2 aromatic rings. The van der Waals surface area contributed by atoms with E-state index in [9.17, 15) is 4.79 Å². The van der Waals surface area contributed by atoms with Crippen molar-refractivity contribution in [2.75, 3.05) is 5.32 Å². The van der Waals surface area contributed by atoms with Crippen molar-refractivity contribution >= 4 is 12.1 Å². The molecule has 3 rings (SSSR count). The second kappa shape index (κ2) is 5.06. The lowest BCUT2D eigenvalue weighted by molar-refractivity contribution is -0.105. The summed E-state index contributed by atoms with van der Waals surface area (Å²) >= 11 is 0. The Morgan fingerprint density at radius 2 is 2.00 bits per heavy atom. The summed E-state index contributed by atoms with van der Waals surface area (Å²) in [7, 11) is 0. The summed E-state index contributed by atoms with van der Waals surface area (Å²) in [6.07, 6.45) is 2.86. The van der Waals surface area contributed by atoms with E-state index in [4.69, 9.17) is 5.26 Å². The zero-order valence-corrected chi connectivity index (χ0v) is 10.8. The first-order chi connectivity index (χ1) is 9.81. The highest BCUT2D eigenvalue weighted by atomic mass is 16.1. The summed E-state index contributed by atoms with van der Waals surface area (Å²) in [6.45, 7) is 1.22. The van der Waals surface area contributed by atoms with Gasteiger partial charge in [0.15, 0.2) is 6.19 Å². The van der Waals surface area contributed by atoms with Crippen LogP contribution in [0.2, 0.25) is 0 Å². The molecule has 4 nitrogen and oxygen atoms in total. The summed E-state index contributed by atoms with van der Waals surface area (Å²) in [4.78, 5) is 12.4. The molecule has 0 radical (unpaired) electrons. The molecule has 1 N–H and O–H groups in total. The second-order valence-corrected chi connectivity index (χ2v) is 4.75. The van der Waals surface area contributed by atoms with Gasteiger partial charge < -0.3 is 10.2 Å². The Morgan fingerprint density at radius 3 is 2.70 bits per heavy atom. The van der Waals surface area contributed by atoms with Gasteiger partial charge in [0.1, 0.15) is 0 Å². The van der Waals surface area contributed by atoms with Crippen LogP contribution in [0.25, 0.3) is 11.1 Å². The number of nitriles is 1. The van der Waals surface area contributed by atoms with Gasteiger partial charge in [-0.2, -0.15) is 5.26 Å². The lowest BCUT2D eigenvalue weighted by atomic mass is 9.96. The van der Waals surface area contributed by atoms with Gasteiger partial charge in [0.05, 0.1) is 13.1 Å². The monoisotopic (exact) mass is 263 g/mol. The molecule has 20 heavy (non-hydrogen) atoms. The topological polar surface area (TPSA) is 56.1 Å². The maximum atomic E-state index is 10.7. The minimum absolute atomic E-state index is 0.597. The smallest absolute Gasteiger partial charge is 0.211 e. The molecule has 0 aromatic heterocycles. The first-order valence-corrected chi connectivity index (χ1v) is 6.38.